The lowest BCUT2D eigenvalue weighted by atomic mass is 9.79. The zero-order valence-corrected chi connectivity index (χ0v) is 16.9. The molecule has 2 aliphatic heterocycles. The Bertz CT molecular complexity index is 744. The minimum atomic E-state index is 0.592. The van der Waals surface area contributed by atoms with Crippen LogP contribution in [0.1, 0.15) is 37.2 Å². The van der Waals surface area contributed by atoms with Crippen LogP contribution in [-0.2, 0) is 0 Å². The largest absolute Gasteiger partial charge is 0.356 e. The van der Waals surface area contributed by atoms with Gasteiger partial charge in [0.05, 0.1) is 17.4 Å². The number of hydrogen-bond acceptors (Lipinski definition) is 6. The number of aryl methyl sites for hydroxylation is 2. The van der Waals surface area contributed by atoms with Crippen molar-refractivity contribution in [3.05, 3.63) is 35.0 Å². The van der Waals surface area contributed by atoms with E-state index < -0.39 is 0 Å². The molecule has 27 heavy (non-hydrogen) atoms. The van der Waals surface area contributed by atoms with Crippen molar-refractivity contribution in [1.29, 1.82) is 0 Å². The molecule has 2 aromatic rings. The summed E-state index contributed by atoms with van der Waals surface area (Å²) in [5, 5.41) is 0.592. The molecule has 7 heteroatoms. The van der Waals surface area contributed by atoms with Crippen molar-refractivity contribution < 1.29 is 0 Å². The summed E-state index contributed by atoms with van der Waals surface area (Å²) in [7, 11) is 0. The molecule has 0 unspecified atom stereocenters. The maximum Gasteiger partial charge on any atom is 0.225 e. The van der Waals surface area contributed by atoms with E-state index in [0.717, 1.165) is 61.3 Å². The molecule has 144 valence electrons. The second-order valence-corrected chi connectivity index (χ2v) is 8.20. The fourth-order valence-corrected chi connectivity index (χ4v) is 4.60. The standard InChI is InChI=1S/C20H27ClN6/c1-14-11-19(25-15(2)24-14)26-7-3-16(4-8-26)17-5-9-27(10-6-17)20-22-12-18(21)13-23-20/h11-13,16-17H,3-10H2,1-2H3. The Balaban J connectivity index is 1.30. The minimum Gasteiger partial charge on any atom is -0.356 e. The molecular formula is C20H27ClN6. The van der Waals surface area contributed by atoms with Gasteiger partial charge in [-0.3, -0.25) is 0 Å². The van der Waals surface area contributed by atoms with E-state index in [-0.39, 0.29) is 0 Å². The van der Waals surface area contributed by atoms with E-state index in [1.807, 2.05) is 13.8 Å². The fourth-order valence-electron chi connectivity index (χ4n) is 4.50. The first-order valence-electron chi connectivity index (χ1n) is 9.88. The molecule has 0 bridgehead atoms. The van der Waals surface area contributed by atoms with Gasteiger partial charge in [0, 0.05) is 37.9 Å². The van der Waals surface area contributed by atoms with E-state index in [2.05, 4.69) is 35.8 Å². The average molecular weight is 387 g/mol. The first-order chi connectivity index (χ1) is 13.1. The Morgan fingerprint density at radius 2 is 1.41 bits per heavy atom. The van der Waals surface area contributed by atoms with E-state index in [1.54, 1.807) is 12.4 Å². The minimum absolute atomic E-state index is 0.592. The molecular weight excluding hydrogens is 360 g/mol. The number of hydrogen-bond donors (Lipinski definition) is 0. The highest BCUT2D eigenvalue weighted by Gasteiger charge is 2.30. The summed E-state index contributed by atoms with van der Waals surface area (Å²) in [5.41, 5.74) is 1.05. The van der Waals surface area contributed by atoms with Gasteiger partial charge in [-0.2, -0.15) is 0 Å². The third kappa shape index (κ3) is 4.32. The number of nitrogens with zero attached hydrogens (tertiary/aromatic N) is 6. The van der Waals surface area contributed by atoms with Gasteiger partial charge in [-0.15, -0.1) is 0 Å². The van der Waals surface area contributed by atoms with Crippen molar-refractivity contribution >= 4 is 23.4 Å². The molecule has 0 aliphatic carbocycles. The van der Waals surface area contributed by atoms with Gasteiger partial charge in [-0.1, -0.05) is 11.6 Å². The third-order valence-corrected chi connectivity index (χ3v) is 6.11. The van der Waals surface area contributed by atoms with Crippen molar-refractivity contribution in [1.82, 2.24) is 19.9 Å². The SMILES string of the molecule is Cc1cc(N2CCC(C3CCN(c4ncc(Cl)cn4)CC3)CC2)nc(C)n1. The molecule has 2 fully saturated rings. The van der Waals surface area contributed by atoms with Crippen molar-refractivity contribution in [2.24, 2.45) is 11.8 Å². The van der Waals surface area contributed by atoms with Crippen molar-refractivity contribution in [3.63, 3.8) is 0 Å². The molecule has 2 aliphatic rings. The lowest BCUT2D eigenvalue weighted by molar-refractivity contribution is 0.232. The molecule has 4 rings (SSSR count). The Kier molecular flexibility index (Phi) is 5.43. The number of piperidine rings is 2. The summed E-state index contributed by atoms with van der Waals surface area (Å²) in [6.07, 6.45) is 8.32. The van der Waals surface area contributed by atoms with Crippen LogP contribution in [0.15, 0.2) is 18.5 Å². The summed E-state index contributed by atoms with van der Waals surface area (Å²) in [4.78, 5) is 22.5. The zero-order valence-electron chi connectivity index (χ0n) is 16.1. The third-order valence-electron chi connectivity index (χ3n) is 5.91. The summed E-state index contributed by atoms with van der Waals surface area (Å²) < 4.78 is 0. The molecule has 0 N–H and O–H groups in total. The van der Waals surface area contributed by atoms with E-state index in [9.17, 15) is 0 Å². The Morgan fingerprint density at radius 3 is 1.96 bits per heavy atom. The van der Waals surface area contributed by atoms with Gasteiger partial charge in [0.25, 0.3) is 0 Å². The van der Waals surface area contributed by atoms with Crippen LogP contribution < -0.4 is 9.80 Å². The second kappa shape index (κ2) is 7.97. The summed E-state index contributed by atoms with van der Waals surface area (Å²) in [6.45, 7) is 8.29. The monoisotopic (exact) mass is 386 g/mol. The van der Waals surface area contributed by atoms with Gasteiger partial charge in [0.2, 0.25) is 5.95 Å². The summed E-state index contributed by atoms with van der Waals surface area (Å²) in [6, 6.07) is 2.11. The van der Waals surface area contributed by atoms with E-state index in [4.69, 9.17) is 11.6 Å². The Morgan fingerprint density at radius 1 is 0.852 bits per heavy atom. The molecule has 0 saturated carbocycles. The quantitative estimate of drug-likeness (QED) is 0.802. The molecule has 2 aromatic heterocycles. The number of anilines is 2. The first kappa shape index (κ1) is 18.4. The van der Waals surface area contributed by atoms with Crippen LogP contribution in [0.4, 0.5) is 11.8 Å². The lowest BCUT2D eigenvalue weighted by Gasteiger charge is -2.40. The molecule has 6 nitrogen and oxygen atoms in total. The van der Waals surface area contributed by atoms with Gasteiger partial charge in [-0.05, 0) is 51.4 Å². The smallest absolute Gasteiger partial charge is 0.225 e. The van der Waals surface area contributed by atoms with Gasteiger partial charge >= 0.3 is 0 Å². The van der Waals surface area contributed by atoms with E-state index in [1.165, 1.54) is 25.7 Å². The second-order valence-electron chi connectivity index (χ2n) is 7.76. The highest BCUT2D eigenvalue weighted by atomic mass is 35.5. The number of halogens is 1. The average Bonchev–Trinajstić information content (AvgIpc) is 2.68. The van der Waals surface area contributed by atoms with E-state index in [0.29, 0.717) is 5.02 Å². The van der Waals surface area contributed by atoms with Crippen LogP contribution in [0.5, 0.6) is 0 Å². The molecule has 0 spiro atoms. The number of rotatable bonds is 3. The van der Waals surface area contributed by atoms with Gasteiger partial charge < -0.3 is 9.80 Å². The van der Waals surface area contributed by atoms with Crippen LogP contribution in [0.2, 0.25) is 5.02 Å². The molecule has 0 aromatic carbocycles. The van der Waals surface area contributed by atoms with Crippen molar-refractivity contribution in [2.45, 2.75) is 39.5 Å². The topological polar surface area (TPSA) is 58.0 Å². The van der Waals surface area contributed by atoms with Crippen molar-refractivity contribution in [2.75, 3.05) is 36.0 Å². The Hall–Kier alpha value is -1.95. The Labute approximate surface area is 166 Å². The maximum atomic E-state index is 5.89. The van der Waals surface area contributed by atoms with Crippen LogP contribution in [0.25, 0.3) is 0 Å². The maximum absolute atomic E-state index is 5.89. The zero-order chi connectivity index (χ0) is 18.8. The number of aromatic nitrogens is 4. The van der Waals surface area contributed by atoms with Crippen LogP contribution in [0, 0.1) is 25.7 Å². The summed E-state index contributed by atoms with van der Waals surface area (Å²) >= 11 is 5.89. The molecule has 2 saturated heterocycles. The highest BCUT2D eigenvalue weighted by Crippen LogP contribution is 2.34. The molecule has 0 radical (unpaired) electrons. The van der Waals surface area contributed by atoms with Gasteiger partial charge in [0.1, 0.15) is 11.6 Å². The highest BCUT2D eigenvalue weighted by molar-refractivity contribution is 6.30. The van der Waals surface area contributed by atoms with Gasteiger partial charge in [-0.25, -0.2) is 19.9 Å². The molecule has 0 amide bonds. The van der Waals surface area contributed by atoms with Crippen LogP contribution >= 0.6 is 11.6 Å². The first-order valence-corrected chi connectivity index (χ1v) is 10.3. The predicted molar refractivity (Wildman–Crippen MR) is 108 cm³/mol. The van der Waals surface area contributed by atoms with Crippen LogP contribution in [-0.4, -0.2) is 46.1 Å². The molecule has 0 atom stereocenters. The van der Waals surface area contributed by atoms with Crippen molar-refractivity contribution in [3.8, 4) is 0 Å². The normalized spacial score (nSPS) is 19.5. The summed E-state index contributed by atoms with van der Waals surface area (Å²) in [5.74, 6) is 4.39. The predicted octanol–water partition coefficient (Wildman–Crippen LogP) is 3.67. The lowest BCUT2D eigenvalue weighted by Crippen LogP contribution is -2.41. The van der Waals surface area contributed by atoms with Gasteiger partial charge in [0.15, 0.2) is 0 Å². The van der Waals surface area contributed by atoms with E-state index >= 15 is 0 Å². The fraction of sp³-hybridized carbons (Fsp3) is 0.600. The molecule has 4 heterocycles. The van der Waals surface area contributed by atoms with Crippen LogP contribution in [0.3, 0.4) is 0 Å².